The van der Waals surface area contributed by atoms with Gasteiger partial charge in [0.05, 0.1) is 4.83 Å². The molecule has 0 aromatic heterocycles. The van der Waals surface area contributed by atoms with Gasteiger partial charge in [0.15, 0.2) is 0 Å². The van der Waals surface area contributed by atoms with E-state index >= 15 is 0 Å². The predicted octanol–water partition coefficient (Wildman–Crippen LogP) is 5.51. The average Bonchev–Trinajstić information content (AvgIpc) is 2.32. The van der Waals surface area contributed by atoms with Crippen LogP contribution in [-0.4, -0.2) is 0 Å². The molecule has 4 heteroatoms. The third kappa shape index (κ3) is 2.75. The summed E-state index contributed by atoms with van der Waals surface area (Å²) < 4.78 is 40.6. The van der Waals surface area contributed by atoms with Gasteiger partial charge in [-0.15, -0.1) is 0 Å². The van der Waals surface area contributed by atoms with Crippen LogP contribution < -0.4 is 0 Å². The van der Waals surface area contributed by atoms with E-state index in [1.165, 1.54) is 18.2 Å². The highest BCUT2D eigenvalue weighted by molar-refractivity contribution is 9.09. The van der Waals surface area contributed by atoms with Crippen LogP contribution in [0, 0.1) is 38.2 Å². The van der Waals surface area contributed by atoms with Crippen LogP contribution >= 0.6 is 15.9 Å². The molecule has 106 valence electrons. The molecule has 0 spiro atoms. The van der Waals surface area contributed by atoms with Crippen LogP contribution in [0.3, 0.4) is 0 Å². The van der Waals surface area contributed by atoms with Crippen LogP contribution in [0.4, 0.5) is 13.2 Å². The topological polar surface area (TPSA) is 0 Å². The zero-order chi connectivity index (χ0) is 15.0. The summed E-state index contributed by atoms with van der Waals surface area (Å²) in [7, 11) is 0. The molecule has 1 atom stereocenters. The highest BCUT2D eigenvalue weighted by atomic mass is 79.9. The first kappa shape index (κ1) is 15.1. The maximum atomic E-state index is 14.0. The first-order chi connectivity index (χ1) is 9.31. The van der Waals surface area contributed by atoms with Crippen molar-refractivity contribution in [3.8, 4) is 0 Å². The molecule has 0 saturated heterocycles. The Morgan fingerprint density at radius 1 is 0.800 bits per heavy atom. The van der Waals surface area contributed by atoms with Crippen molar-refractivity contribution in [3.05, 3.63) is 69.5 Å². The number of aryl methyl sites for hydroxylation is 3. The summed E-state index contributed by atoms with van der Waals surface area (Å²) in [5, 5.41) is 0. The van der Waals surface area contributed by atoms with Crippen molar-refractivity contribution in [3.63, 3.8) is 0 Å². The maximum absolute atomic E-state index is 14.0. The molecule has 2 aromatic carbocycles. The monoisotopic (exact) mass is 342 g/mol. The lowest BCUT2D eigenvalue weighted by Gasteiger charge is -2.18. The number of alkyl halides is 1. The second kappa shape index (κ2) is 5.60. The highest BCUT2D eigenvalue weighted by Gasteiger charge is 2.20. The van der Waals surface area contributed by atoms with Crippen LogP contribution in [0.1, 0.15) is 32.6 Å². The van der Waals surface area contributed by atoms with Gasteiger partial charge >= 0.3 is 0 Å². The van der Waals surface area contributed by atoms with E-state index in [2.05, 4.69) is 15.9 Å². The van der Waals surface area contributed by atoms with E-state index < -0.39 is 16.5 Å². The van der Waals surface area contributed by atoms with E-state index in [4.69, 9.17) is 0 Å². The largest absolute Gasteiger partial charge is 0.207 e. The average molecular weight is 343 g/mol. The molecule has 20 heavy (non-hydrogen) atoms. The SMILES string of the molecule is Cc1cc(C(Br)c2c(C)cc(F)cc2C)c(F)cc1F. The lowest BCUT2D eigenvalue weighted by molar-refractivity contribution is 0.568. The Kier molecular flexibility index (Phi) is 4.23. The first-order valence-corrected chi connectivity index (χ1v) is 7.09. The molecule has 0 aliphatic heterocycles. The molecule has 1 unspecified atom stereocenters. The first-order valence-electron chi connectivity index (χ1n) is 6.17. The fraction of sp³-hybridized carbons (Fsp3) is 0.250. The zero-order valence-corrected chi connectivity index (χ0v) is 13.0. The third-order valence-corrected chi connectivity index (χ3v) is 4.31. The highest BCUT2D eigenvalue weighted by Crippen LogP contribution is 2.37. The van der Waals surface area contributed by atoms with E-state index in [-0.39, 0.29) is 5.82 Å². The van der Waals surface area contributed by atoms with Crippen LogP contribution in [0.15, 0.2) is 24.3 Å². The maximum Gasteiger partial charge on any atom is 0.130 e. The van der Waals surface area contributed by atoms with Crippen molar-refractivity contribution < 1.29 is 13.2 Å². The van der Waals surface area contributed by atoms with Crippen LogP contribution in [-0.2, 0) is 0 Å². The van der Waals surface area contributed by atoms with E-state index in [9.17, 15) is 13.2 Å². The van der Waals surface area contributed by atoms with Gasteiger partial charge in [0.25, 0.3) is 0 Å². The summed E-state index contributed by atoms with van der Waals surface area (Å²) >= 11 is 3.44. The van der Waals surface area contributed by atoms with Gasteiger partial charge in [0.2, 0.25) is 0 Å². The molecule has 0 radical (unpaired) electrons. The van der Waals surface area contributed by atoms with Gasteiger partial charge in [0.1, 0.15) is 17.5 Å². The van der Waals surface area contributed by atoms with Gasteiger partial charge in [-0.1, -0.05) is 15.9 Å². The van der Waals surface area contributed by atoms with Gasteiger partial charge in [-0.25, -0.2) is 13.2 Å². The van der Waals surface area contributed by atoms with Crippen molar-refractivity contribution in [2.45, 2.75) is 25.6 Å². The Labute approximate surface area is 124 Å². The number of benzene rings is 2. The molecule has 2 aromatic rings. The fourth-order valence-corrected chi connectivity index (χ4v) is 3.42. The normalized spacial score (nSPS) is 12.6. The van der Waals surface area contributed by atoms with Crippen molar-refractivity contribution in [1.29, 1.82) is 0 Å². The van der Waals surface area contributed by atoms with Crippen molar-refractivity contribution in [1.82, 2.24) is 0 Å². The van der Waals surface area contributed by atoms with Crippen molar-refractivity contribution >= 4 is 15.9 Å². The van der Waals surface area contributed by atoms with Gasteiger partial charge in [-0.2, -0.15) is 0 Å². The lowest BCUT2D eigenvalue weighted by atomic mass is 9.94. The Morgan fingerprint density at radius 2 is 1.35 bits per heavy atom. The molecule has 0 fully saturated rings. The lowest BCUT2D eigenvalue weighted by Crippen LogP contribution is -2.04. The smallest absolute Gasteiger partial charge is 0.130 e. The molecule has 0 nitrogen and oxygen atoms in total. The molecular weight excluding hydrogens is 329 g/mol. The second-order valence-corrected chi connectivity index (χ2v) is 5.85. The molecule has 0 saturated carbocycles. The summed E-state index contributed by atoms with van der Waals surface area (Å²) in [5.41, 5.74) is 2.98. The molecule has 0 heterocycles. The van der Waals surface area contributed by atoms with E-state index in [1.54, 1.807) is 20.8 Å². The fourth-order valence-electron chi connectivity index (χ4n) is 2.35. The van der Waals surface area contributed by atoms with Crippen LogP contribution in [0.5, 0.6) is 0 Å². The van der Waals surface area contributed by atoms with Gasteiger partial charge in [0, 0.05) is 11.6 Å². The predicted molar refractivity (Wildman–Crippen MR) is 77.7 cm³/mol. The third-order valence-electron chi connectivity index (χ3n) is 3.36. The minimum atomic E-state index is -0.613. The van der Waals surface area contributed by atoms with Crippen LogP contribution in [0.25, 0.3) is 0 Å². The number of halogens is 4. The molecule has 0 aliphatic rings. The molecular formula is C16H14BrF3. The van der Waals surface area contributed by atoms with Crippen LogP contribution in [0.2, 0.25) is 0 Å². The van der Waals surface area contributed by atoms with E-state index in [1.807, 2.05) is 0 Å². The number of rotatable bonds is 2. The van der Waals surface area contributed by atoms with Crippen molar-refractivity contribution in [2.24, 2.45) is 0 Å². The van der Waals surface area contributed by atoms with E-state index in [0.29, 0.717) is 11.1 Å². The summed E-state index contributed by atoms with van der Waals surface area (Å²) in [4.78, 5) is -0.442. The van der Waals surface area contributed by atoms with Gasteiger partial charge in [-0.3, -0.25) is 0 Å². The quantitative estimate of drug-likeness (QED) is 0.631. The summed E-state index contributed by atoms with van der Waals surface area (Å²) in [6, 6.07) is 5.18. The molecule has 0 bridgehead atoms. The summed E-state index contributed by atoms with van der Waals surface area (Å²) in [6.45, 7) is 5.13. The Bertz CT molecular complexity index is 642. The zero-order valence-electron chi connectivity index (χ0n) is 11.4. The second-order valence-electron chi connectivity index (χ2n) is 4.94. The Morgan fingerprint density at radius 3 is 1.90 bits per heavy atom. The molecule has 2 rings (SSSR count). The Balaban J connectivity index is 2.57. The van der Waals surface area contributed by atoms with Crippen molar-refractivity contribution in [2.75, 3.05) is 0 Å². The standard InChI is InChI=1S/C16H14BrF3/c1-8-6-12(14(20)7-13(8)19)16(17)15-9(2)4-11(18)5-10(15)3/h4-7,16H,1-3H3. The molecule has 0 N–H and O–H groups in total. The number of hydrogen-bond acceptors (Lipinski definition) is 0. The van der Waals surface area contributed by atoms with E-state index in [0.717, 1.165) is 22.8 Å². The van der Waals surface area contributed by atoms with Gasteiger partial charge in [-0.05, 0) is 61.2 Å². The molecule has 0 aliphatic carbocycles. The summed E-state index contributed by atoms with van der Waals surface area (Å²) in [5.74, 6) is -1.50. The minimum absolute atomic E-state index is 0.320. The minimum Gasteiger partial charge on any atom is -0.207 e. The molecule has 0 amide bonds. The summed E-state index contributed by atoms with van der Waals surface area (Å²) in [6.07, 6.45) is 0. The van der Waals surface area contributed by atoms with Gasteiger partial charge < -0.3 is 0 Å². The Hall–Kier alpha value is -1.29. The number of hydrogen-bond donors (Lipinski definition) is 0.